The quantitative estimate of drug-likeness (QED) is 0.843. The van der Waals surface area contributed by atoms with E-state index in [1.807, 2.05) is 38.1 Å². The summed E-state index contributed by atoms with van der Waals surface area (Å²) in [5, 5.41) is 9.64. The fourth-order valence-electron chi connectivity index (χ4n) is 3.45. The van der Waals surface area contributed by atoms with Crippen molar-refractivity contribution in [2.45, 2.75) is 39.9 Å². The van der Waals surface area contributed by atoms with E-state index in [1.54, 1.807) is 0 Å². The molecule has 0 amide bonds. The van der Waals surface area contributed by atoms with Gasteiger partial charge in [-0.05, 0) is 63.1 Å². The van der Waals surface area contributed by atoms with Gasteiger partial charge in [0, 0.05) is 30.2 Å². The Balaban J connectivity index is 1.98. The Morgan fingerprint density at radius 3 is 2.29 bits per heavy atom. The minimum atomic E-state index is 0.199. The van der Waals surface area contributed by atoms with Crippen molar-refractivity contribution in [1.82, 2.24) is 4.98 Å². The van der Waals surface area contributed by atoms with Gasteiger partial charge in [0.15, 0.2) is 0 Å². The van der Waals surface area contributed by atoms with Crippen molar-refractivity contribution in [3.05, 3.63) is 47.3 Å². The molecule has 0 aliphatic carbocycles. The number of anilines is 1. The maximum Gasteiger partial charge on any atom is 0.0998 e. The van der Waals surface area contributed by atoms with Crippen LogP contribution in [0.4, 0.5) is 5.69 Å². The van der Waals surface area contributed by atoms with Gasteiger partial charge in [0.1, 0.15) is 0 Å². The molecular formula is C20H23N3O. The van der Waals surface area contributed by atoms with Crippen molar-refractivity contribution in [2.75, 3.05) is 18.0 Å². The first-order valence-electron chi connectivity index (χ1n) is 8.36. The molecule has 0 saturated carbocycles. The fourth-order valence-corrected chi connectivity index (χ4v) is 3.45. The lowest BCUT2D eigenvalue weighted by Crippen LogP contribution is -2.45. The number of hydrogen-bond acceptors (Lipinski definition) is 4. The summed E-state index contributed by atoms with van der Waals surface area (Å²) in [7, 11) is 0. The second kappa shape index (κ2) is 6.62. The van der Waals surface area contributed by atoms with Gasteiger partial charge in [-0.3, -0.25) is 4.98 Å². The monoisotopic (exact) mass is 321 g/mol. The lowest BCUT2D eigenvalue weighted by molar-refractivity contribution is -0.00521. The van der Waals surface area contributed by atoms with Crippen LogP contribution in [-0.2, 0) is 4.74 Å². The third-order valence-corrected chi connectivity index (χ3v) is 4.30. The third kappa shape index (κ3) is 3.42. The number of morpholine rings is 1. The molecule has 0 bridgehead atoms. The Morgan fingerprint density at radius 2 is 1.71 bits per heavy atom. The maximum atomic E-state index is 9.64. The Hall–Kier alpha value is -2.38. The van der Waals surface area contributed by atoms with E-state index in [-0.39, 0.29) is 12.2 Å². The van der Waals surface area contributed by atoms with Crippen LogP contribution in [0.5, 0.6) is 0 Å². The van der Waals surface area contributed by atoms with E-state index in [2.05, 4.69) is 35.9 Å². The predicted octanol–water partition coefficient (Wildman–Crippen LogP) is 3.85. The number of rotatable bonds is 2. The normalized spacial score (nSPS) is 20.7. The van der Waals surface area contributed by atoms with Gasteiger partial charge < -0.3 is 9.64 Å². The molecule has 1 fully saturated rings. The molecule has 1 saturated heterocycles. The highest BCUT2D eigenvalue weighted by Crippen LogP contribution is 2.29. The molecule has 0 radical (unpaired) electrons. The van der Waals surface area contributed by atoms with Crippen LogP contribution in [0.15, 0.2) is 30.3 Å². The molecule has 1 aliphatic rings. The standard InChI is InChI=1S/C20H23N3O/c1-13-7-17(8-14(2)22-13)20-6-5-19(9-18(20)10-21)23-11-15(3)24-16(4)12-23/h5-9,15-16H,11-12H2,1-4H3. The lowest BCUT2D eigenvalue weighted by atomic mass is 9.98. The molecule has 24 heavy (non-hydrogen) atoms. The second-order valence-electron chi connectivity index (χ2n) is 6.64. The van der Waals surface area contributed by atoms with Crippen LogP contribution in [0.1, 0.15) is 30.8 Å². The Labute approximate surface area is 143 Å². The highest BCUT2D eigenvalue weighted by Gasteiger charge is 2.23. The van der Waals surface area contributed by atoms with Crippen LogP contribution in [-0.4, -0.2) is 30.3 Å². The zero-order valence-corrected chi connectivity index (χ0v) is 14.7. The van der Waals surface area contributed by atoms with Gasteiger partial charge in [0.25, 0.3) is 0 Å². The van der Waals surface area contributed by atoms with Crippen molar-refractivity contribution < 1.29 is 4.74 Å². The van der Waals surface area contributed by atoms with Gasteiger partial charge in [0.05, 0.1) is 23.8 Å². The summed E-state index contributed by atoms with van der Waals surface area (Å²) < 4.78 is 5.80. The number of hydrogen-bond donors (Lipinski definition) is 0. The summed E-state index contributed by atoms with van der Waals surface area (Å²) in [4.78, 5) is 6.72. The van der Waals surface area contributed by atoms with Crippen molar-refractivity contribution in [2.24, 2.45) is 0 Å². The molecule has 2 atom stereocenters. The van der Waals surface area contributed by atoms with Crippen molar-refractivity contribution in [3.8, 4) is 17.2 Å². The number of aryl methyl sites for hydroxylation is 2. The summed E-state index contributed by atoms with van der Waals surface area (Å²) in [6, 6.07) is 12.6. The molecule has 4 heteroatoms. The zero-order chi connectivity index (χ0) is 17.3. The SMILES string of the molecule is Cc1cc(-c2ccc(N3CC(C)OC(C)C3)cc2C#N)cc(C)n1. The first kappa shape index (κ1) is 16.5. The predicted molar refractivity (Wildman–Crippen MR) is 96.1 cm³/mol. The smallest absolute Gasteiger partial charge is 0.0998 e. The Morgan fingerprint density at radius 1 is 1.08 bits per heavy atom. The van der Waals surface area contributed by atoms with Gasteiger partial charge in [-0.15, -0.1) is 0 Å². The van der Waals surface area contributed by atoms with Crippen molar-refractivity contribution >= 4 is 5.69 Å². The van der Waals surface area contributed by atoms with Crippen LogP contribution in [0.2, 0.25) is 0 Å². The highest BCUT2D eigenvalue weighted by atomic mass is 16.5. The number of ether oxygens (including phenoxy) is 1. The average Bonchev–Trinajstić information content (AvgIpc) is 2.52. The number of benzene rings is 1. The van der Waals surface area contributed by atoms with E-state index in [0.717, 1.165) is 41.3 Å². The second-order valence-corrected chi connectivity index (χ2v) is 6.64. The van der Waals surface area contributed by atoms with Crippen molar-refractivity contribution in [3.63, 3.8) is 0 Å². The minimum absolute atomic E-state index is 0.199. The lowest BCUT2D eigenvalue weighted by Gasteiger charge is -2.37. The van der Waals surface area contributed by atoms with Gasteiger partial charge in [-0.1, -0.05) is 6.07 Å². The molecule has 2 unspecified atom stereocenters. The van der Waals surface area contributed by atoms with Gasteiger partial charge in [-0.2, -0.15) is 5.26 Å². The number of aromatic nitrogens is 1. The molecule has 2 heterocycles. The molecular weight excluding hydrogens is 298 g/mol. The van der Waals surface area contributed by atoms with Crippen molar-refractivity contribution in [1.29, 1.82) is 5.26 Å². The molecule has 4 nitrogen and oxygen atoms in total. The summed E-state index contributed by atoms with van der Waals surface area (Å²) in [5.74, 6) is 0. The average molecular weight is 321 g/mol. The van der Waals surface area contributed by atoms with Crippen LogP contribution >= 0.6 is 0 Å². The molecule has 1 aromatic carbocycles. The summed E-state index contributed by atoms with van der Waals surface area (Å²) >= 11 is 0. The van der Waals surface area contributed by atoms with Crippen LogP contribution in [0.25, 0.3) is 11.1 Å². The summed E-state index contributed by atoms with van der Waals surface area (Å²) in [6.07, 6.45) is 0.397. The molecule has 124 valence electrons. The summed E-state index contributed by atoms with van der Waals surface area (Å²) in [6.45, 7) is 9.83. The number of pyridine rings is 1. The van der Waals surface area contributed by atoms with E-state index >= 15 is 0 Å². The third-order valence-electron chi connectivity index (χ3n) is 4.30. The van der Waals surface area contributed by atoms with Crippen LogP contribution in [0.3, 0.4) is 0 Å². The number of nitriles is 1. The van der Waals surface area contributed by atoms with Gasteiger partial charge in [0.2, 0.25) is 0 Å². The molecule has 1 aromatic heterocycles. The zero-order valence-electron chi connectivity index (χ0n) is 14.7. The minimum Gasteiger partial charge on any atom is -0.372 e. The fraction of sp³-hybridized carbons (Fsp3) is 0.400. The Kier molecular flexibility index (Phi) is 4.55. The van der Waals surface area contributed by atoms with E-state index in [1.165, 1.54) is 0 Å². The molecule has 2 aromatic rings. The first-order chi connectivity index (χ1) is 11.5. The molecule has 3 rings (SSSR count). The topological polar surface area (TPSA) is 49.1 Å². The Bertz CT molecular complexity index is 764. The van der Waals surface area contributed by atoms with E-state index in [9.17, 15) is 5.26 Å². The summed E-state index contributed by atoms with van der Waals surface area (Å²) in [5.41, 5.74) is 5.72. The number of nitrogens with zero attached hydrogens (tertiary/aromatic N) is 3. The maximum absolute atomic E-state index is 9.64. The van der Waals surface area contributed by atoms with E-state index < -0.39 is 0 Å². The molecule has 0 N–H and O–H groups in total. The highest BCUT2D eigenvalue weighted by molar-refractivity contribution is 5.74. The van der Waals surface area contributed by atoms with Crippen LogP contribution in [0, 0.1) is 25.2 Å². The van der Waals surface area contributed by atoms with E-state index in [4.69, 9.17) is 4.74 Å². The largest absolute Gasteiger partial charge is 0.372 e. The van der Waals surface area contributed by atoms with Gasteiger partial charge >= 0.3 is 0 Å². The first-order valence-corrected chi connectivity index (χ1v) is 8.36. The molecule has 1 aliphatic heterocycles. The van der Waals surface area contributed by atoms with Crippen LogP contribution < -0.4 is 4.90 Å². The molecule has 0 spiro atoms. The van der Waals surface area contributed by atoms with E-state index in [0.29, 0.717) is 5.56 Å². The van der Waals surface area contributed by atoms with Gasteiger partial charge in [-0.25, -0.2) is 0 Å².